The number of nitrogens with one attached hydrogen (secondary N) is 2. The molecule has 2 aliphatic rings. The van der Waals surface area contributed by atoms with Gasteiger partial charge in [0.25, 0.3) is 0 Å². The minimum absolute atomic E-state index is 0.0245. The molecule has 180 valence electrons. The Bertz CT molecular complexity index is 1020. The monoisotopic (exact) mass is 464 g/mol. The van der Waals surface area contributed by atoms with E-state index in [0.29, 0.717) is 19.3 Å². The van der Waals surface area contributed by atoms with Gasteiger partial charge in [-0.25, -0.2) is 4.79 Å². The lowest BCUT2D eigenvalue weighted by molar-refractivity contribution is -0.141. The maximum absolute atomic E-state index is 12.7. The third-order valence-corrected chi connectivity index (χ3v) is 7.00. The van der Waals surface area contributed by atoms with Crippen LogP contribution in [0.1, 0.15) is 56.6 Å². The summed E-state index contributed by atoms with van der Waals surface area (Å²) < 4.78 is 5.63. The van der Waals surface area contributed by atoms with Gasteiger partial charge in [-0.05, 0) is 47.4 Å². The molecule has 0 heterocycles. The minimum atomic E-state index is -0.811. The molecule has 0 saturated heterocycles. The van der Waals surface area contributed by atoms with Gasteiger partial charge in [0.05, 0.1) is 5.92 Å². The van der Waals surface area contributed by atoms with Crippen LogP contribution in [0.25, 0.3) is 11.1 Å². The normalized spacial score (nSPS) is 19.9. The molecule has 7 heteroatoms. The first-order chi connectivity index (χ1) is 16.3. The van der Waals surface area contributed by atoms with Gasteiger partial charge in [-0.15, -0.1) is 0 Å². The molecular weight excluding hydrogens is 432 g/mol. The smallest absolute Gasteiger partial charge is 0.407 e. The molecule has 2 aromatic carbocycles. The second kappa shape index (κ2) is 10.3. The van der Waals surface area contributed by atoms with Gasteiger partial charge in [0.15, 0.2) is 0 Å². The van der Waals surface area contributed by atoms with Gasteiger partial charge in [-0.3, -0.25) is 9.59 Å². The quantitative estimate of drug-likeness (QED) is 0.540. The number of carbonyl (C=O) groups is 3. The molecule has 0 bridgehead atoms. The molecule has 2 amide bonds. The van der Waals surface area contributed by atoms with Crippen LogP contribution in [-0.4, -0.2) is 41.8 Å². The predicted octanol–water partition coefficient (Wildman–Crippen LogP) is 4.31. The van der Waals surface area contributed by atoms with Crippen LogP contribution in [0.15, 0.2) is 48.5 Å². The van der Waals surface area contributed by atoms with Gasteiger partial charge in [0.1, 0.15) is 6.61 Å². The van der Waals surface area contributed by atoms with E-state index in [1.165, 1.54) is 11.1 Å². The molecular formula is C27H32N2O5. The zero-order chi connectivity index (χ0) is 24.2. The van der Waals surface area contributed by atoms with E-state index in [1.807, 2.05) is 38.1 Å². The van der Waals surface area contributed by atoms with E-state index < -0.39 is 18.0 Å². The Labute approximate surface area is 199 Å². The topological polar surface area (TPSA) is 105 Å². The molecule has 0 radical (unpaired) electrons. The molecule has 2 aliphatic carbocycles. The van der Waals surface area contributed by atoms with Gasteiger partial charge in [0.2, 0.25) is 5.91 Å². The summed E-state index contributed by atoms with van der Waals surface area (Å²) in [7, 11) is 0. The number of hydrogen-bond donors (Lipinski definition) is 3. The summed E-state index contributed by atoms with van der Waals surface area (Å²) in [5.41, 5.74) is 4.63. The van der Waals surface area contributed by atoms with Crippen molar-refractivity contribution in [2.24, 2.45) is 11.8 Å². The lowest BCUT2D eigenvalue weighted by atomic mass is 9.98. The number of ether oxygens (including phenoxy) is 1. The van der Waals surface area contributed by atoms with Crippen molar-refractivity contribution in [3.8, 4) is 11.1 Å². The molecule has 0 aliphatic heterocycles. The van der Waals surface area contributed by atoms with Gasteiger partial charge in [-0.1, -0.05) is 62.4 Å². The Hall–Kier alpha value is -3.35. The maximum atomic E-state index is 12.7. The number of rotatable bonds is 8. The van der Waals surface area contributed by atoms with Crippen molar-refractivity contribution < 1.29 is 24.2 Å². The van der Waals surface area contributed by atoms with Crippen LogP contribution in [0.3, 0.4) is 0 Å². The highest BCUT2D eigenvalue weighted by molar-refractivity contribution is 5.80. The Morgan fingerprint density at radius 1 is 1.00 bits per heavy atom. The highest BCUT2D eigenvalue weighted by atomic mass is 16.5. The molecule has 7 nitrogen and oxygen atoms in total. The molecule has 3 atom stereocenters. The van der Waals surface area contributed by atoms with Crippen LogP contribution in [-0.2, 0) is 14.3 Å². The van der Waals surface area contributed by atoms with Crippen molar-refractivity contribution in [3.05, 3.63) is 59.7 Å². The summed E-state index contributed by atoms with van der Waals surface area (Å²) in [6, 6.07) is 15.8. The molecule has 3 N–H and O–H groups in total. The highest BCUT2D eigenvalue weighted by Crippen LogP contribution is 2.44. The van der Waals surface area contributed by atoms with E-state index in [0.717, 1.165) is 11.1 Å². The number of hydrogen-bond acceptors (Lipinski definition) is 4. The Kier molecular flexibility index (Phi) is 7.20. The van der Waals surface area contributed by atoms with Crippen LogP contribution in [0, 0.1) is 11.8 Å². The van der Waals surface area contributed by atoms with Crippen LogP contribution in [0.2, 0.25) is 0 Å². The maximum Gasteiger partial charge on any atom is 0.407 e. The molecule has 0 spiro atoms. The summed E-state index contributed by atoms with van der Waals surface area (Å²) in [5.74, 6) is -1.39. The van der Waals surface area contributed by atoms with E-state index in [4.69, 9.17) is 9.84 Å². The summed E-state index contributed by atoms with van der Waals surface area (Å²) in [6.45, 7) is 4.10. The van der Waals surface area contributed by atoms with E-state index in [9.17, 15) is 14.4 Å². The van der Waals surface area contributed by atoms with E-state index in [-0.39, 0.29) is 42.9 Å². The highest BCUT2D eigenvalue weighted by Gasteiger charge is 2.32. The number of carbonyl (C=O) groups excluding carboxylic acids is 2. The fraction of sp³-hybridized carbons (Fsp3) is 0.444. The molecule has 34 heavy (non-hydrogen) atoms. The van der Waals surface area contributed by atoms with Crippen LogP contribution in [0.5, 0.6) is 0 Å². The summed E-state index contributed by atoms with van der Waals surface area (Å²) in [5, 5.41) is 14.9. The lowest BCUT2D eigenvalue weighted by Crippen LogP contribution is -2.44. The van der Waals surface area contributed by atoms with Crippen LogP contribution < -0.4 is 10.6 Å². The fourth-order valence-electron chi connectivity index (χ4n) is 5.07. The van der Waals surface area contributed by atoms with E-state index >= 15 is 0 Å². The second-order valence-electron chi connectivity index (χ2n) is 9.64. The third kappa shape index (κ3) is 5.24. The largest absolute Gasteiger partial charge is 0.481 e. The average Bonchev–Trinajstić information content (AvgIpc) is 3.40. The molecule has 1 saturated carbocycles. The predicted molar refractivity (Wildman–Crippen MR) is 128 cm³/mol. The average molecular weight is 465 g/mol. The minimum Gasteiger partial charge on any atom is -0.481 e. The van der Waals surface area contributed by atoms with Crippen molar-refractivity contribution in [2.75, 3.05) is 6.61 Å². The number of alkyl carbamates (subject to hydrolysis) is 1. The summed E-state index contributed by atoms with van der Waals surface area (Å²) >= 11 is 0. The number of aliphatic carboxylic acids is 1. The van der Waals surface area contributed by atoms with Gasteiger partial charge in [-0.2, -0.15) is 0 Å². The fourth-order valence-corrected chi connectivity index (χ4v) is 5.07. The SMILES string of the molecule is CC(C)C(CC(=O)N[C@H]1CC[C@@H](C(=O)O)C1)NC(=O)OCC1c2ccccc2-c2ccccc21. The van der Waals surface area contributed by atoms with Crippen molar-refractivity contribution in [3.63, 3.8) is 0 Å². The first-order valence-electron chi connectivity index (χ1n) is 12.0. The zero-order valence-electron chi connectivity index (χ0n) is 19.6. The Morgan fingerprint density at radius 2 is 1.62 bits per heavy atom. The van der Waals surface area contributed by atoms with Crippen molar-refractivity contribution in [1.29, 1.82) is 0 Å². The molecule has 4 rings (SSSR count). The number of carboxylic acid groups (broad SMARTS) is 1. The zero-order valence-corrected chi connectivity index (χ0v) is 19.6. The van der Waals surface area contributed by atoms with Crippen molar-refractivity contribution >= 4 is 18.0 Å². The first kappa shape index (κ1) is 23.8. The van der Waals surface area contributed by atoms with Gasteiger partial charge >= 0.3 is 12.1 Å². The number of fused-ring (bicyclic) bond motifs is 3. The molecule has 0 aromatic heterocycles. The Morgan fingerprint density at radius 3 is 2.18 bits per heavy atom. The van der Waals surface area contributed by atoms with E-state index in [2.05, 4.69) is 34.9 Å². The molecule has 1 fully saturated rings. The molecule has 1 unspecified atom stereocenters. The van der Waals surface area contributed by atoms with Crippen molar-refractivity contribution in [2.45, 2.75) is 57.5 Å². The van der Waals surface area contributed by atoms with Crippen LogP contribution in [0.4, 0.5) is 4.79 Å². The van der Waals surface area contributed by atoms with Gasteiger partial charge < -0.3 is 20.5 Å². The summed E-state index contributed by atoms with van der Waals surface area (Å²) in [6.07, 6.45) is 1.27. The standard InChI is InChI=1S/C27H32N2O5/c1-16(2)24(14-25(30)28-18-12-11-17(13-18)26(31)32)29-27(33)34-15-23-21-9-5-3-7-19(21)20-8-4-6-10-22(20)23/h3-10,16-18,23-24H,11-15H2,1-2H3,(H,28,30)(H,29,33)(H,31,32)/t17-,18+,24?/m1/s1. The number of carboxylic acids is 1. The first-order valence-corrected chi connectivity index (χ1v) is 12.0. The number of benzene rings is 2. The second-order valence-corrected chi connectivity index (χ2v) is 9.64. The summed E-state index contributed by atoms with van der Waals surface area (Å²) in [4.78, 5) is 36.4. The van der Waals surface area contributed by atoms with Crippen LogP contribution >= 0.6 is 0 Å². The Balaban J connectivity index is 1.32. The van der Waals surface area contributed by atoms with Crippen molar-refractivity contribution in [1.82, 2.24) is 10.6 Å². The lowest BCUT2D eigenvalue weighted by Gasteiger charge is -2.23. The third-order valence-electron chi connectivity index (χ3n) is 7.00. The molecule has 2 aromatic rings. The van der Waals surface area contributed by atoms with E-state index in [1.54, 1.807) is 0 Å². The van der Waals surface area contributed by atoms with Gasteiger partial charge in [0, 0.05) is 24.4 Å². The number of amides is 2.